The molecule has 0 bridgehead atoms. The SMILES string of the molecule is COCC(Cl)Cc1cc([N+](=O)[O-])c(C)cn1. The molecule has 0 aliphatic rings. The zero-order valence-electron chi connectivity index (χ0n) is 9.14. The lowest BCUT2D eigenvalue weighted by atomic mass is 10.1. The number of aryl methyl sites for hydroxylation is 1. The van der Waals surface area contributed by atoms with E-state index < -0.39 is 4.92 Å². The summed E-state index contributed by atoms with van der Waals surface area (Å²) in [5.74, 6) is 0. The van der Waals surface area contributed by atoms with Crippen molar-refractivity contribution in [3.8, 4) is 0 Å². The molecule has 0 fully saturated rings. The van der Waals surface area contributed by atoms with Crippen molar-refractivity contribution in [3.05, 3.63) is 33.6 Å². The fraction of sp³-hybridized carbons (Fsp3) is 0.500. The number of hydrogen-bond acceptors (Lipinski definition) is 4. The Labute approximate surface area is 98.5 Å². The second-order valence-corrected chi connectivity index (χ2v) is 4.09. The monoisotopic (exact) mass is 244 g/mol. The first kappa shape index (κ1) is 12.9. The molecule has 1 aromatic heterocycles. The molecular formula is C10H13ClN2O3. The molecule has 0 aliphatic carbocycles. The minimum Gasteiger partial charge on any atom is -0.383 e. The van der Waals surface area contributed by atoms with Gasteiger partial charge in [0.1, 0.15) is 0 Å². The summed E-state index contributed by atoms with van der Waals surface area (Å²) in [5.41, 5.74) is 1.23. The lowest BCUT2D eigenvalue weighted by molar-refractivity contribution is -0.385. The third-order valence-corrected chi connectivity index (χ3v) is 2.39. The normalized spacial score (nSPS) is 12.4. The Bertz CT molecular complexity index is 384. The second kappa shape index (κ2) is 5.77. The van der Waals surface area contributed by atoms with Crippen molar-refractivity contribution in [2.24, 2.45) is 0 Å². The number of methoxy groups -OCH3 is 1. The fourth-order valence-electron chi connectivity index (χ4n) is 1.33. The number of hydrogen-bond donors (Lipinski definition) is 0. The molecule has 0 saturated carbocycles. The van der Waals surface area contributed by atoms with Crippen molar-refractivity contribution in [2.75, 3.05) is 13.7 Å². The van der Waals surface area contributed by atoms with Gasteiger partial charge in [-0.15, -0.1) is 11.6 Å². The second-order valence-electron chi connectivity index (χ2n) is 3.48. The van der Waals surface area contributed by atoms with Gasteiger partial charge in [0.15, 0.2) is 0 Å². The van der Waals surface area contributed by atoms with E-state index in [4.69, 9.17) is 16.3 Å². The topological polar surface area (TPSA) is 65.3 Å². The van der Waals surface area contributed by atoms with Gasteiger partial charge in [-0.05, 0) is 6.92 Å². The Morgan fingerprint density at radius 3 is 2.94 bits per heavy atom. The van der Waals surface area contributed by atoms with E-state index in [1.165, 1.54) is 12.3 Å². The molecule has 1 unspecified atom stereocenters. The zero-order chi connectivity index (χ0) is 12.1. The Morgan fingerprint density at radius 2 is 2.38 bits per heavy atom. The molecule has 0 amide bonds. The van der Waals surface area contributed by atoms with E-state index in [2.05, 4.69) is 4.98 Å². The summed E-state index contributed by atoms with van der Waals surface area (Å²) in [4.78, 5) is 14.4. The zero-order valence-corrected chi connectivity index (χ0v) is 9.90. The van der Waals surface area contributed by atoms with Crippen molar-refractivity contribution < 1.29 is 9.66 Å². The van der Waals surface area contributed by atoms with Crippen molar-refractivity contribution in [2.45, 2.75) is 18.7 Å². The van der Waals surface area contributed by atoms with Crippen LogP contribution < -0.4 is 0 Å². The smallest absolute Gasteiger partial charge is 0.275 e. The average molecular weight is 245 g/mol. The maximum Gasteiger partial charge on any atom is 0.275 e. The number of pyridine rings is 1. The first-order chi connectivity index (χ1) is 7.54. The van der Waals surface area contributed by atoms with Crippen LogP contribution in [0, 0.1) is 17.0 Å². The Balaban J connectivity index is 2.82. The van der Waals surface area contributed by atoms with Crippen molar-refractivity contribution in [1.82, 2.24) is 4.98 Å². The predicted octanol–water partition coefficient (Wildman–Crippen LogP) is 2.09. The van der Waals surface area contributed by atoms with Crippen LogP contribution in [0.1, 0.15) is 11.3 Å². The van der Waals surface area contributed by atoms with Gasteiger partial charge in [-0.3, -0.25) is 15.1 Å². The van der Waals surface area contributed by atoms with Crippen LogP contribution >= 0.6 is 11.6 Å². The molecule has 5 nitrogen and oxygen atoms in total. The lowest BCUT2D eigenvalue weighted by Gasteiger charge is -2.07. The highest BCUT2D eigenvalue weighted by Crippen LogP contribution is 2.18. The summed E-state index contributed by atoms with van der Waals surface area (Å²) >= 11 is 5.95. The van der Waals surface area contributed by atoms with E-state index in [9.17, 15) is 10.1 Å². The molecule has 0 saturated heterocycles. The maximum absolute atomic E-state index is 10.7. The summed E-state index contributed by atoms with van der Waals surface area (Å²) in [5, 5.41) is 10.5. The number of nitro groups is 1. The highest BCUT2D eigenvalue weighted by Gasteiger charge is 2.14. The van der Waals surface area contributed by atoms with E-state index in [1.807, 2.05) is 0 Å². The van der Waals surface area contributed by atoms with Gasteiger partial charge in [-0.1, -0.05) is 0 Å². The molecular weight excluding hydrogens is 232 g/mol. The van der Waals surface area contributed by atoms with Crippen molar-refractivity contribution in [3.63, 3.8) is 0 Å². The molecule has 0 aromatic carbocycles. The number of nitrogens with zero attached hydrogens (tertiary/aromatic N) is 2. The molecule has 1 heterocycles. The first-order valence-corrected chi connectivity index (χ1v) is 5.21. The Morgan fingerprint density at radius 1 is 1.69 bits per heavy atom. The summed E-state index contributed by atoms with van der Waals surface area (Å²) in [6.07, 6.45) is 1.94. The molecule has 1 rings (SSSR count). The molecule has 1 atom stereocenters. The van der Waals surface area contributed by atoms with Crippen LogP contribution in [-0.2, 0) is 11.2 Å². The van der Waals surface area contributed by atoms with Crippen LogP contribution in [-0.4, -0.2) is 29.0 Å². The number of alkyl halides is 1. The average Bonchev–Trinajstić information content (AvgIpc) is 2.21. The summed E-state index contributed by atoms with van der Waals surface area (Å²) in [6.45, 7) is 2.05. The van der Waals surface area contributed by atoms with Crippen LogP contribution in [0.2, 0.25) is 0 Å². The molecule has 0 radical (unpaired) electrons. The quantitative estimate of drug-likeness (QED) is 0.452. The molecule has 0 aliphatic heterocycles. The van der Waals surface area contributed by atoms with Gasteiger partial charge in [0.05, 0.1) is 16.9 Å². The maximum atomic E-state index is 10.7. The van der Waals surface area contributed by atoms with E-state index in [-0.39, 0.29) is 11.1 Å². The number of halogens is 1. The van der Waals surface area contributed by atoms with Crippen LogP contribution in [0.4, 0.5) is 5.69 Å². The van der Waals surface area contributed by atoms with E-state index in [0.717, 1.165) is 0 Å². The molecule has 6 heteroatoms. The van der Waals surface area contributed by atoms with Crippen molar-refractivity contribution in [1.29, 1.82) is 0 Å². The van der Waals surface area contributed by atoms with Crippen LogP contribution in [0.25, 0.3) is 0 Å². The Hall–Kier alpha value is -1.20. The van der Waals surface area contributed by atoms with Crippen LogP contribution in [0.3, 0.4) is 0 Å². The molecule has 0 spiro atoms. The van der Waals surface area contributed by atoms with Gasteiger partial charge in [-0.25, -0.2) is 0 Å². The van der Waals surface area contributed by atoms with Gasteiger partial charge in [0.25, 0.3) is 5.69 Å². The third-order valence-electron chi connectivity index (χ3n) is 2.11. The van der Waals surface area contributed by atoms with E-state index >= 15 is 0 Å². The highest BCUT2D eigenvalue weighted by molar-refractivity contribution is 6.20. The molecule has 16 heavy (non-hydrogen) atoms. The minimum absolute atomic E-state index is 0.0753. The first-order valence-electron chi connectivity index (χ1n) is 4.77. The summed E-state index contributed by atoms with van der Waals surface area (Å²) < 4.78 is 4.88. The molecule has 1 aromatic rings. The van der Waals surface area contributed by atoms with Gasteiger partial charge < -0.3 is 4.74 Å². The van der Waals surface area contributed by atoms with E-state index in [0.29, 0.717) is 24.3 Å². The highest BCUT2D eigenvalue weighted by atomic mass is 35.5. The van der Waals surface area contributed by atoms with Crippen molar-refractivity contribution >= 4 is 17.3 Å². The number of aromatic nitrogens is 1. The van der Waals surface area contributed by atoms with Gasteiger partial charge in [-0.2, -0.15) is 0 Å². The van der Waals surface area contributed by atoms with Gasteiger partial charge >= 0.3 is 0 Å². The lowest BCUT2D eigenvalue weighted by Crippen LogP contribution is -2.12. The standard InChI is InChI=1S/C10H13ClN2O3/c1-7-5-12-9(3-8(11)6-16-2)4-10(7)13(14)15/h4-5,8H,3,6H2,1-2H3. The van der Waals surface area contributed by atoms with Gasteiger partial charge in [0.2, 0.25) is 0 Å². The molecule has 88 valence electrons. The Kier molecular flexibility index (Phi) is 4.64. The molecule has 0 N–H and O–H groups in total. The van der Waals surface area contributed by atoms with Crippen LogP contribution in [0.5, 0.6) is 0 Å². The minimum atomic E-state index is -0.417. The fourth-order valence-corrected chi connectivity index (χ4v) is 1.61. The number of rotatable bonds is 5. The van der Waals surface area contributed by atoms with E-state index in [1.54, 1.807) is 14.0 Å². The predicted molar refractivity (Wildman–Crippen MR) is 60.8 cm³/mol. The third kappa shape index (κ3) is 3.43. The summed E-state index contributed by atoms with van der Waals surface area (Å²) in [7, 11) is 1.56. The number of ether oxygens (including phenoxy) is 1. The summed E-state index contributed by atoms with van der Waals surface area (Å²) in [6, 6.07) is 1.46. The largest absolute Gasteiger partial charge is 0.383 e. The van der Waals surface area contributed by atoms with Gasteiger partial charge in [0, 0.05) is 37.1 Å². The van der Waals surface area contributed by atoms with Crippen LogP contribution in [0.15, 0.2) is 12.3 Å².